The van der Waals surface area contributed by atoms with Crippen LogP contribution in [-0.2, 0) is 9.59 Å². The van der Waals surface area contributed by atoms with E-state index in [4.69, 9.17) is 0 Å². The summed E-state index contributed by atoms with van der Waals surface area (Å²) in [6.45, 7) is 1.46. The van der Waals surface area contributed by atoms with Gasteiger partial charge in [-0.1, -0.05) is 31.4 Å². The second kappa shape index (κ2) is 7.02. The van der Waals surface area contributed by atoms with Crippen molar-refractivity contribution in [2.45, 2.75) is 45.1 Å². The molecule has 2 rings (SSSR count). The van der Waals surface area contributed by atoms with E-state index in [0.717, 1.165) is 25.7 Å². The van der Waals surface area contributed by atoms with Crippen LogP contribution in [0, 0.1) is 0 Å². The van der Waals surface area contributed by atoms with Gasteiger partial charge in [-0.05, 0) is 31.9 Å². The molecule has 1 saturated carbocycles. The molecule has 2 N–H and O–H groups in total. The summed E-state index contributed by atoms with van der Waals surface area (Å²) in [6.07, 6.45) is 5.23. The number of hydrogen-bond donors (Lipinski definition) is 2. The Morgan fingerprint density at radius 2 is 1.76 bits per heavy atom. The monoisotopic (exact) mass is 288 g/mol. The number of anilines is 1. The van der Waals surface area contributed by atoms with Crippen molar-refractivity contribution in [3.05, 3.63) is 29.8 Å². The molecule has 0 heterocycles. The second-order valence-corrected chi connectivity index (χ2v) is 5.40. The summed E-state index contributed by atoms with van der Waals surface area (Å²) in [5, 5.41) is 5.28. The molecular formula is C16H20N2O3. The maximum atomic E-state index is 11.9. The molecule has 0 atom stereocenters. The Labute approximate surface area is 124 Å². The van der Waals surface area contributed by atoms with Crippen LogP contribution >= 0.6 is 0 Å². The van der Waals surface area contributed by atoms with Crippen molar-refractivity contribution in [1.29, 1.82) is 0 Å². The number of carbonyl (C=O) groups excluding carboxylic acids is 3. The van der Waals surface area contributed by atoms with Crippen molar-refractivity contribution in [3.63, 3.8) is 0 Å². The molecule has 1 aromatic carbocycles. The van der Waals surface area contributed by atoms with Crippen LogP contribution in [0.25, 0.3) is 0 Å². The fraction of sp³-hybridized carbons (Fsp3) is 0.438. The molecule has 0 bridgehead atoms. The Morgan fingerprint density at radius 3 is 2.43 bits per heavy atom. The Hall–Kier alpha value is -2.17. The molecule has 5 heteroatoms. The minimum Gasteiger partial charge on any atom is -0.345 e. The van der Waals surface area contributed by atoms with Crippen LogP contribution in [0.5, 0.6) is 0 Å². The van der Waals surface area contributed by atoms with E-state index in [0.29, 0.717) is 11.3 Å². The molecule has 0 aliphatic heterocycles. The molecule has 1 aromatic rings. The third kappa shape index (κ3) is 4.41. The van der Waals surface area contributed by atoms with Gasteiger partial charge < -0.3 is 10.6 Å². The number of benzene rings is 1. The van der Waals surface area contributed by atoms with Gasteiger partial charge in [0.15, 0.2) is 5.78 Å². The van der Waals surface area contributed by atoms with Gasteiger partial charge in [0.25, 0.3) is 0 Å². The first-order valence-electron chi connectivity index (χ1n) is 7.29. The molecule has 2 amide bonds. The van der Waals surface area contributed by atoms with Crippen LogP contribution in [0.15, 0.2) is 24.3 Å². The molecule has 0 spiro atoms. The van der Waals surface area contributed by atoms with E-state index in [9.17, 15) is 14.4 Å². The summed E-state index contributed by atoms with van der Waals surface area (Å²) >= 11 is 0. The first-order chi connectivity index (χ1) is 10.1. The van der Waals surface area contributed by atoms with Gasteiger partial charge in [0.05, 0.1) is 0 Å². The Bertz CT molecular complexity index is 548. The largest absolute Gasteiger partial charge is 0.345 e. The Morgan fingerprint density at radius 1 is 1.05 bits per heavy atom. The van der Waals surface area contributed by atoms with Gasteiger partial charge in [-0.3, -0.25) is 14.4 Å². The van der Waals surface area contributed by atoms with Crippen LogP contribution in [0.4, 0.5) is 5.69 Å². The zero-order chi connectivity index (χ0) is 15.2. The standard InChI is InChI=1S/C16H20N2O3/c1-11(19)12-6-5-9-14(10-12)18-16(21)15(20)17-13-7-3-2-4-8-13/h5-6,9-10,13H,2-4,7-8H2,1H3,(H,17,20)(H,18,21). The van der Waals surface area contributed by atoms with Gasteiger partial charge in [-0.15, -0.1) is 0 Å². The molecule has 0 aromatic heterocycles. The Kier molecular flexibility index (Phi) is 5.09. The average molecular weight is 288 g/mol. The minimum atomic E-state index is -0.693. The number of ketones is 1. The number of hydrogen-bond acceptors (Lipinski definition) is 3. The Balaban J connectivity index is 1.92. The van der Waals surface area contributed by atoms with Crippen molar-refractivity contribution in [1.82, 2.24) is 5.32 Å². The topological polar surface area (TPSA) is 75.3 Å². The number of carbonyl (C=O) groups is 3. The van der Waals surface area contributed by atoms with E-state index in [1.807, 2.05) is 0 Å². The highest BCUT2D eigenvalue weighted by Crippen LogP contribution is 2.17. The lowest BCUT2D eigenvalue weighted by Crippen LogP contribution is -2.42. The molecule has 1 fully saturated rings. The quantitative estimate of drug-likeness (QED) is 0.662. The SMILES string of the molecule is CC(=O)c1cccc(NC(=O)C(=O)NC2CCCCC2)c1. The maximum absolute atomic E-state index is 11.9. The number of rotatable bonds is 3. The lowest BCUT2D eigenvalue weighted by atomic mass is 9.95. The maximum Gasteiger partial charge on any atom is 0.313 e. The lowest BCUT2D eigenvalue weighted by Gasteiger charge is -2.22. The highest BCUT2D eigenvalue weighted by Gasteiger charge is 2.20. The molecule has 21 heavy (non-hydrogen) atoms. The van der Waals surface area contributed by atoms with E-state index >= 15 is 0 Å². The molecule has 0 saturated heterocycles. The number of amides is 2. The average Bonchev–Trinajstić information content (AvgIpc) is 2.48. The van der Waals surface area contributed by atoms with Crippen molar-refractivity contribution in [3.8, 4) is 0 Å². The minimum absolute atomic E-state index is 0.0854. The molecule has 5 nitrogen and oxygen atoms in total. The predicted octanol–water partition coefficient (Wildman–Crippen LogP) is 2.28. The van der Waals surface area contributed by atoms with E-state index in [-0.39, 0.29) is 11.8 Å². The molecule has 0 unspecified atom stereocenters. The smallest absolute Gasteiger partial charge is 0.313 e. The normalized spacial score (nSPS) is 15.3. The summed E-state index contributed by atoms with van der Waals surface area (Å²) in [5.41, 5.74) is 0.951. The van der Waals surface area contributed by atoms with E-state index in [1.165, 1.54) is 13.3 Å². The summed E-state index contributed by atoms with van der Waals surface area (Å²) in [5.74, 6) is -1.39. The summed E-state index contributed by atoms with van der Waals surface area (Å²) < 4.78 is 0. The molecule has 0 radical (unpaired) electrons. The van der Waals surface area contributed by atoms with Crippen LogP contribution in [0.3, 0.4) is 0 Å². The van der Waals surface area contributed by atoms with Gasteiger partial charge in [0.1, 0.15) is 0 Å². The molecular weight excluding hydrogens is 268 g/mol. The van der Waals surface area contributed by atoms with Crippen LogP contribution in [-0.4, -0.2) is 23.6 Å². The fourth-order valence-electron chi connectivity index (χ4n) is 2.50. The van der Waals surface area contributed by atoms with Gasteiger partial charge in [-0.2, -0.15) is 0 Å². The van der Waals surface area contributed by atoms with E-state index < -0.39 is 11.8 Å². The predicted molar refractivity (Wildman–Crippen MR) is 80.1 cm³/mol. The van der Waals surface area contributed by atoms with E-state index in [1.54, 1.807) is 24.3 Å². The number of nitrogens with one attached hydrogen (secondary N) is 2. The van der Waals surface area contributed by atoms with Crippen molar-refractivity contribution in [2.75, 3.05) is 5.32 Å². The third-order valence-corrected chi connectivity index (χ3v) is 3.67. The first-order valence-corrected chi connectivity index (χ1v) is 7.29. The second-order valence-electron chi connectivity index (χ2n) is 5.40. The third-order valence-electron chi connectivity index (χ3n) is 3.67. The molecule has 1 aliphatic rings. The van der Waals surface area contributed by atoms with Crippen molar-refractivity contribution < 1.29 is 14.4 Å². The first kappa shape index (κ1) is 15.2. The zero-order valence-corrected chi connectivity index (χ0v) is 12.1. The fourth-order valence-corrected chi connectivity index (χ4v) is 2.50. The van der Waals surface area contributed by atoms with Gasteiger partial charge >= 0.3 is 11.8 Å². The van der Waals surface area contributed by atoms with Crippen molar-refractivity contribution in [2.24, 2.45) is 0 Å². The van der Waals surface area contributed by atoms with Crippen molar-refractivity contribution >= 4 is 23.3 Å². The molecule has 1 aliphatic carbocycles. The van der Waals surface area contributed by atoms with Crippen LogP contribution in [0.2, 0.25) is 0 Å². The summed E-state index contributed by atoms with van der Waals surface area (Å²) in [6, 6.07) is 6.65. The highest BCUT2D eigenvalue weighted by molar-refractivity contribution is 6.39. The van der Waals surface area contributed by atoms with Crippen LogP contribution in [0.1, 0.15) is 49.4 Å². The van der Waals surface area contributed by atoms with Gasteiger partial charge in [-0.25, -0.2) is 0 Å². The van der Waals surface area contributed by atoms with Crippen LogP contribution < -0.4 is 10.6 Å². The van der Waals surface area contributed by atoms with E-state index in [2.05, 4.69) is 10.6 Å². The summed E-state index contributed by atoms with van der Waals surface area (Å²) in [4.78, 5) is 35.0. The summed E-state index contributed by atoms with van der Waals surface area (Å²) in [7, 11) is 0. The zero-order valence-electron chi connectivity index (χ0n) is 12.1. The van der Waals surface area contributed by atoms with Gasteiger partial charge in [0.2, 0.25) is 0 Å². The number of Topliss-reactive ketones (excluding diaryl/α,β-unsaturated/α-hetero) is 1. The van der Waals surface area contributed by atoms with Gasteiger partial charge in [0, 0.05) is 17.3 Å². The lowest BCUT2D eigenvalue weighted by molar-refractivity contribution is -0.136. The highest BCUT2D eigenvalue weighted by atomic mass is 16.2. The molecule has 112 valence electrons.